The van der Waals surface area contributed by atoms with Crippen molar-refractivity contribution in [3.05, 3.63) is 11.8 Å². The summed E-state index contributed by atoms with van der Waals surface area (Å²) in [7, 11) is 4.15. The smallest absolute Gasteiger partial charge is 0.269 e. The molecule has 0 aromatic carbocycles. The molecule has 0 aliphatic heterocycles. The topological polar surface area (TPSA) is 87.0 Å². The van der Waals surface area contributed by atoms with Gasteiger partial charge in [0, 0.05) is 18.2 Å². The minimum atomic E-state index is -0.146. The molecule has 1 fully saturated rings. The summed E-state index contributed by atoms with van der Waals surface area (Å²) in [6.07, 6.45) is 4.72. The number of H-pyrrole nitrogens is 1. The van der Waals surface area contributed by atoms with Crippen molar-refractivity contribution in [1.82, 2.24) is 20.4 Å². The van der Waals surface area contributed by atoms with E-state index in [4.69, 9.17) is 5.73 Å². The van der Waals surface area contributed by atoms with Crippen LogP contribution in [0.4, 0.5) is 5.82 Å². The lowest BCUT2D eigenvalue weighted by atomic mass is 9.96. The molecule has 6 nitrogen and oxygen atoms in total. The van der Waals surface area contributed by atoms with Crippen molar-refractivity contribution in [2.45, 2.75) is 31.2 Å². The average molecular weight is 251 g/mol. The van der Waals surface area contributed by atoms with Crippen LogP contribution < -0.4 is 11.1 Å². The maximum atomic E-state index is 11.9. The molecule has 0 radical (unpaired) electrons. The molecule has 0 unspecified atom stereocenters. The first-order valence-corrected chi connectivity index (χ1v) is 6.30. The molecular formula is C12H21N5O. The molecule has 1 aliphatic rings. The molecule has 2 rings (SSSR count). The normalized spacial score (nSPS) is 18.2. The lowest BCUT2D eigenvalue weighted by Gasteiger charge is -2.36. The number of nitrogen functional groups attached to an aromatic ring is 1. The molecular weight excluding hydrogens is 230 g/mol. The van der Waals surface area contributed by atoms with Gasteiger partial charge in [-0.25, -0.2) is 0 Å². The van der Waals surface area contributed by atoms with E-state index in [-0.39, 0.29) is 11.4 Å². The van der Waals surface area contributed by atoms with Crippen LogP contribution in [0.15, 0.2) is 6.07 Å². The number of amides is 1. The van der Waals surface area contributed by atoms with E-state index in [0.717, 1.165) is 12.8 Å². The predicted molar refractivity (Wildman–Crippen MR) is 70.2 cm³/mol. The zero-order valence-corrected chi connectivity index (χ0v) is 11.0. The van der Waals surface area contributed by atoms with Crippen molar-refractivity contribution < 1.29 is 4.79 Å². The number of aromatic amines is 1. The summed E-state index contributed by atoms with van der Waals surface area (Å²) in [5, 5.41) is 9.34. The second kappa shape index (κ2) is 4.97. The standard InChI is InChI=1S/C12H21N5O/c1-17(2)12(5-3-4-6-12)8-14-11(18)9-7-10(13)16-15-9/h7H,3-6,8H2,1-2H3,(H,14,18)(H3,13,15,16). The van der Waals surface area contributed by atoms with Gasteiger partial charge in [0.1, 0.15) is 11.5 Å². The van der Waals surface area contributed by atoms with E-state index >= 15 is 0 Å². The van der Waals surface area contributed by atoms with Gasteiger partial charge < -0.3 is 16.0 Å². The van der Waals surface area contributed by atoms with Crippen LogP contribution in [0.5, 0.6) is 0 Å². The highest BCUT2D eigenvalue weighted by Gasteiger charge is 2.36. The number of nitrogens with one attached hydrogen (secondary N) is 2. The van der Waals surface area contributed by atoms with E-state index < -0.39 is 0 Å². The van der Waals surface area contributed by atoms with Gasteiger partial charge >= 0.3 is 0 Å². The Balaban J connectivity index is 1.96. The van der Waals surface area contributed by atoms with Crippen LogP contribution in [0.25, 0.3) is 0 Å². The minimum absolute atomic E-state index is 0.0984. The number of carbonyl (C=O) groups excluding carboxylic acids is 1. The summed E-state index contributed by atoms with van der Waals surface area (Å²) in [5.41, 5.74) is 5.99. The fourth-order valence-corrected chi connectivity index (χ4v) is 2.61. The molecule has 1 heterocycles. The Kier molecular flexibility index (Phi) is 3.56. The molecule has 1 aromatic rings. The number of likely N-dealkylation sites (N-methyl/N-ethyl adjacent to an activating group) is 1. The fraction of sp³-hybridized carbons (Fsp3) is 0.667. The summed E-state index contributed by atoms with van der Waals surface area (Å²) in [4.78, 5) is 14.1. The van der Waals surface area contributed by atoms with Gasteiger partial charge in [0.05, 0.1) is 0 Å². The Labute approximate surface area is 107 Å². The monoisotopic (exact) mass is 251 g/mol. The minimum Gasteiger partial charge on any atom is -0.382 e. The number of carbonyl (C=O) groups is 1. The van der Waals surface area contributed by atoms with Crippen LogP contribution >= 0.6 is 0 Å². The van der Waals surface area contributed by atoms with Gasteiger partial charge in [-0.2, -0.15) is 5.10 Å². The first-order valence-electron chi connectivity index (χ1n) is 6.30. The molecule has 1 aliphatic carbocycles. The molecule has 0 saturated heterocycles. The van der Waals surface area contributed by atoms with Crippen LogP contribution in [0.1, 0.15) is 36.2 Å². The number of anilines is 1. The largest absolute Gasteiger partial charge is 0.382 e. The van der Waals surface area contributed by atoms with E-state index in [0.29, 0.717) is 18.1 Å². The number of hydrogen-bond acceptors (Lipinski definition) is 4. The lowest BCUT2D eigenvalue weighted by Crippen LogP contribution is -2.50. The van der Waals surface area contributed by atoms with Gasteiger partial charge in [-0.15, -0.1) is 0 Å². The second-order valence-electron chi connectivity index (χ2n) is 5.22. The number of hydrogen-bond donors (Lipinski definition) is 3. The van der Waals surface area contributed by atoms with Crippen LogP contribution in [-0.2, 0) is 0 Å². The first kappa shape index (κ1) is 12.9. The quantitative estimate of drug-likeness (QED) is 0.731. The molecule has 0 spiro atoms. The molecule has 1 saturated carbocycles. The third kappa shape index (κ3) is 2.48. The first-order chi connectivity index (χ1) is 8.53. The lowest BCUT2D eigenvalue weighted by molar-refractivity contribution is 0.0895. The van der Waals surface area contributed by atoms with Gasteiger partial charge in [-0.1, -0.05) is 12.8 Å². The van der Waals surface area contributed by atoms with E-state index in [1.165, 1.54) is 12.8 Å². The Morgan fingerprint density at radius 2 is 2.22 bits per heavy atom. The number of nitrogens with zero attached hydrogens (tertiary/aromatic N) is 2. The van der Waals surface area contributed by atoms with E-state index in [1.54, 1.807) is 6.07 Å². The molecule has 100 valence electrons. The Morgan fingerprint density at radius 1 is 1.56 bits per heavy atom. The molecule has 1 amide bonds. The van der Waals surface area contributed by atoms with Crippen molar-refractivity contribution in [3.8, 4) is 0 Å². The highest BCUT2D eigenvalue weighted by atomic mass is 16.1. The number of rotatable bonds is 4. The zero-order valence-electron chi connectivity index (χ0n) is 11.0. The Hall–Kier alpha value is -1.56. The summed E-state index contributed by atoms with van der Waals surface area (Å²) in [6.45, 7) is 0.664. The molecule has 6 heteroatoms. The Morgan fingerprint density at radius 3 is 2.72 bits per heavy atom. The summed E-state index contributed by atoms with van der Waals surface area (Å²) in [5.74, 6) is 0.190. The van der Waals surface area contributed by atoms with Crippen molar-refractivity contribution >= 4 is 11.7 Å². The SMILES string of the molecule is CN(C)C1(CNC(=O)c2cc(N)n[nH]2)CCCC1. The third-order valence-corrected chi connectivity index (χ3v) is 3.90. The predicted octanol–water partition coefficient (Wildman–Crippen LogP) is 0.596. The van der Waals surface area contributed by atoms with E-state index in [9.17, 15) is 4.79 Å². The van der Waals surface area contributed by atoms with Gasteiger partial charge in [0.25, 0.3) is 5.91 Å². The summed E-state index contributed by atoms with van der Waals surface area (Å²) >= 11 is 0. The van der Waals surface area contributed by atoms with Crippen molar-refractivity contribution in [2.24, 2.45) is 0 Å². The maximum absolute atomic E-state index is 11.9. The second-order valence-corrected chi connectivity index (χ2v) is 5.22. The highest BCUT2D eigenvalue weighted by molar-refractivity contribution is 5.92. The molecule has 0 atom stereocenters. The van der Waals surface area contributed by atoms with Crippen molar-refractivity contribution in [1.29, 1.82) is 0 Å². The number of nitrogens with two attached hydrogens (primary N) is 1. The van der Waals surface area contributed by atoms with E-state index in [1.807, 2.05) is 0 Å². The van der Waals surface area contributed by atoms with Gasteiger partial charge in [0.15, 0.2) is 0 Å². The molecule has 0 bridgehead atoms. The summed E-state index contributed by atoms with van der Waals surface area (Å²) in [6, 6.07) is 1.55. The summed E-state index contributed by atoms with van der Waals surface area (Å²) < 4.78 is 0. The van der Waals surface area contributed by atoms with Gasteiger partial charge in [-0.3, -0.25) is 9.89 Å². The third-order valence-electron chi connectivity index (χ3n) is 3.90. The van der Waals surface area contributed by atoms with Crippen LogP contribution in [0.2, 0.25) is 0 Å². The van der Waals surface area contributed by atoms with Crippen LogP contribution in [-0.4, -0.2) is 47.2 Å². The average Bonchev–Trinajstić information content (AvgIpc) is 2.95. The Bertz CT molecular complexity index is 420. The van der Waals surface area contributed by atoms with Crippen molar-refractivity contribution in [3.63, 3.8) is 0 Å². The molecule has 4 N–H and O–H groups in total. The fourth-order valence-electron chi connectivity index (χ4n) is 2.61. The van der Waals surface area contributed by atoms with Crippen LogP contribution in [0, 0.1) is 0 Å². The maximum Gasteiger partial charge on any atom is 0.269 e. The van der Waals surface area contributed by atoms with E-state index in [2.05, 4.69) is 34.5 Å². The zero-order chi connectivity index (χ0) is 13.2. The molecule has 1 aromatic heterocycles. The van der Waals surface area contributed by atoms with Gasteiger partial charge in [-0.05, 0) is 26.9 Å². The number of aromatic nitrogens is 2. The van der Waals surface area contributed by atoms with Crippen molar-refractivity contribution in [2.75, 3.05) is 26.4 Å². The van der Waals surface area contributed by atoms with Crippen LogP contribution in [0.3, 0.4) is 0 Å². The van der Waals surface area contributed by atoms with Gasteiger partial charge in [0.2, 0.25) is 0 Å². The highest BCUT2D eigenvalue weighted by Crippen LogP contribution is 2.33. The molecule has 18 heavy (non-hydrogen) atoms.